The zero-order valence-corrected chi connectivity index (χ0v) is 12.4. The van der Waals surface area contributed by atoms with Crippen LogP contribution < -0.4 is 5.73 Å². The van der Waals surface area contributed by atoms with Crippen LogP contribution in [0.3, 0.4) is 0 Å². The maximum atomic E-state index is 6.26. The predicted molar refractivity (Wildman–Crippen MR) is 80.7 cm³/mol. The normalized spacial score (nSPS) is 12.4. The molecule has 2 aromatic carbocycles. The van der Waals surface area contributed by atoms with E-state index < -0.39 is 0 Å². The molecule has 0 fully saturated rings. The number of aryl methyl sites for hydroxylation is 2. The molecule has 2 N–H and O–H groups in total. The maximum Gasteiger partial charge on any atom is 0.0336 e. The Balaban J connectivity index is 2.16. The largest absolute Gasteiger partial charge is 0.324 e. The van der Waals surface area contributed by atoms with E-state index in [9.17, 15) is 0 Å². The van der Waals surface area contributed by atoms with Crippen LogP contribution in [0.5, 0.6) is 0 Å². The summed E-state index contributed by atoms with van der Waals surface area (Å²) in [5.41, 5.74) is 11.4. The van der Waals surface area contributed by atoms with Crippen molar-refractivity contribution < 1.29 is 0 Å². The molecular weight excluding hydrogens is 286 g/mol. The molecule has 2 aromatic rings. The van der Waals surface area contributed by atoms with Crippen LogP contribution in [0.4, 0.5) is 0 Å². The van der Waals surface area contributed by atoms with E-state index in [1.807, 2.05) is 12.1 Å². The van der Waals surface area contributed by atoms with Crippen LogP contribution >= 0.6 is 15.9 Å². The van der Waals surface area contributed by atoms with Crippen molar-refractivity contribution >= 4 is 15.9 Å². The zero-order valence-electron chi connectivity index (χ0n) is 10.8. The molecule has 1 nitrogen and oxygen atoms in total. The molecule has 0 amide bonds. The zero-order chi connectivity index (χ0) is 13.1. The molecule has 0 spiro atoms. The first-order valence-corrected chi connectivity index (χ1v) is 6.93. The van der Waals surface area contributed by atoms with E-state index in [0.29, 0.717) is 0 Å². The fourth-order valence-corrected chi connectivity index (χ4v) is 2.46. The Morgan fingerprint density at radius 2 is 1.83 bits per heavy atom. The molecule has 0 aliphatic heterocycles. The standard InChI is InChI=1S/C16H18BrN/c1-11-6-7-13(8-12(11)2)9-16(18)14-4-3-5-15(17)10-14/h3-8,10,16H,9,18H2,1-2H3. The van der Waals surface area contributed by atoms with E-state index in [1.54, 1.807) is 0 Å². The van der Waals surface area contributed by atoms with Crippen LogP contribution in [-0.2, 0) is 6.42 Å². The van der Waals surface area contributed by atoms with Crippen molar-refractivity contribution in [2.24, 2.45) is 5.73 Å². The molecule has 1 unspecified atom stereocenters. The monoisotopic (exact) mass is 303 g/mol. The van der Waals surface area contributed by atoms with Gasteiger partial charge in [0.25, 0.3) is 0 Å². The van der Waals surface area contributed by atoms with Crippen molar-refractivity contribution in [2.75, 3.05) is 0 Å². The lowest BCUT2D eigenvalue weighted by molar-refractivity contribution is 0.721. The van der Waals surface area contributed by atoms with E-state index in [1.165, 1.54) is 22.3 Å². The maximum absolute atomic E-state index is 6.26. The Kier molecular flexibility index (Phi) is 4.20. The summed E-state index contributed by atoms with van der Waals surface area (Å²) in [5.74, 6) is 0. The Hall–Kier alpha value is -1.12. The predicted octanol–water partition coefficient (Wildman–Crippen LogP) is 4.31. The van der Waals surface area contributed by atoms with E-state index in [2.05, 4.69) is 60.1 Å². The first-order chi connectivity index (χ1) is 8.56. The highest BCUT2D eigenvalue weighted by Crippen LogP contribution is 2.21. The molecule has 0 aliphatic rings. The highest BCUT2D eigenvalue weighted by Gasteiger charge is 2.08. The summed E-state index contributed by atoms with van der Waals surface area (Å²) in [6.07, 6.45) is 0.873. The van der Waals surface area contributed by atoms with Crippen LogP contribution in [0.25, 0.3) is 0 Å². The number of nitrogens with two attached hydrogens (primary N) is 1. The molecule has 0 heterocycles. The first kappa shape index (κ1) is 13.3. The van der Waals surface area contributed by atoms with Gasteiger partial charge < -0.3 is 5.73 Å². The lowest BCUT2D eigenvalue weighted by atomic mass is 9.97. The van der Waals surface area contributed by atoms with Gasteiger partial charge in [-0.15, -0.1) is 0 Å². The number of halogens is 1. The molecule has 0 radical (unpaired) electrons. The van der Waals surface area contributed by atoms with Gasteiger partial charge >= 0.3 is 0 Å². The first-order valence-electron chi connectivity index (χ1n) is 6.13. The summed E-state index contributed by atoms with van der Waals surface area (Å²) in [4.78, 5) is 0. The lowest BCUT2D eigenvalue weighted by Gasteiger charge is -2.13. The molecule has 0 aromatic heterocycles. The minimum atomic E-state index is 0.0459. The van der Waals surface area contributed by atoms with Crippen molar-refractivity contribution in [1.82, 2.24) is 0 Å². The second kappa shape index (κ2) is 5.68. The van der Waals surface area contributed by atoms with E-state index in [-0.39, 0.29) is 6.04 Å². The van der Waals surface area contributed by atoms with Gasteiger partial charge in [0.05, 0.1) is 0 Å². The lowest BCUT2D eigenvalue weighted by Crippen LogP contribution is -2.13. The highest BCUT2D eigenvalue weighted by molar-refractivity contribution is 9.10. The summed E-state index contributed by atoms with van der Waals surface area (Å²) in [6, 6.07) is 14.8. The molecule has 0 saturated heterocycles. The van der Waals surface area contributed by atoms with Gasteiger partial charge in [-0.3, -0.25) is 0 Å². The molecule has 94 valence electrons. The Bertz CT molecular complexity index is 549. The van der Waals surface area contributed by atoms with Crippen LogP contribution in [0.1, 0.15) is 28.3 Å². The summed E-state index contributed by atoms with van der Waals surface area (Å²) in [5, 5.41) is 0. The van der Waals surface area contributed by atoms with Crippen LogP contribution in [0, 0.1) is 13.8 Å². The van der Waals surface area contributed by atoms with Gasteiger partial charge in [-0.05, 0) is 54.7 Å². The number of hydrogen-bond donors (Lipinski definition) is 1. The average Bonchev–Trinajstić information content (AvgIpc) is 2.34. The third kappa shape index (κ3) is 3.21. The minimum Gasteiger partial charge on any atom is -0.324 e. The number of hydrogen-bond acceptors (Lipinski definition) is 1. The van der Waals surface area contributed by atoms with Crippen molar-refractivity contribution in [3.05, 3.63) is 69.2 Å². The molecule has 0 aliphatic carbocycles. The SMILES string of the molecule is Cc1ccc(CC(N)c2cccc(Br)c2)cc1C. The van der Waals surface area contributed by atoms with Crippen molar-refractivity contribution in [2.45, 2.75) is 26.3 Å². The van der Waals surface area contributed by atoms with E-state index >= 15 is 0 Å². The average molecular weight is 304 g/mol. The van der Waals surface area contributed by atoms with Gasteiger partial charge in [0.15, 0.2) is 0 Å². The Morgan fingerprint density at radius 3 is 2.50 bits per heavy atom. The third-order valence-electron chi connectivity index (χ3n) is 3.30. The second-order valence-electron chi connectivity index (χ2n) is 4.78. The quantitative estimate of drug-likeness (QED) is 0.898. The number of benzene rings is 2. The topological polar surface area (TPSA) is 26.0 Å². The fraction of sp³-hybridized carbons (Fsp3) is 0.250. The highest BCUT2D eigenvalue weighted by atomic mass is 79.9. The van der Waals surface area contributed by atoms with Crippen molar-refractivity contribution in [3.8, 4) is 0 Å². The van der Waals surface area contributed by atoms with Gasteiger partial charge in [-0.2, -0.15) is 0 Å². The molecule has 0 saturated carbocycles. The van der Waals surface area contributed by atoms with E-state index in [0.717, 1.165) is 10.9 Å². The minimum absolute atomic E-state index is 0.0459. The molecule has 18 heavy (non-hydrogen) atoms. The molecule has 1 atom stereocenters. The summed E-state index contributed by atoms with van der Waals surface area (Å²) < 4.78 is 1.08. The summed E-state index contributed by atoms with van der Waals surface area (Å²) in [6.45, 7) is 4.27. The summed E-state index contributed by atoms with van der Waals surface area (Å²) >= 11 is 3.48. The van der Waals surface area contributed by atoms with Crippen molar-refractivity contribution in [1.29, 1.82) is 0 Å². The van der Waals surface area contributed by atoms with Gasteiger partial charge in [0.2, 0.25) is 0 Å². The molecule has 2 rings (SSSR count). The van der Waals surface area contributed by atoms with Crippen LogP contribution in [0.15, 0.2) is 46.9 Å². The molecule has 0 bridgehead atoms. The summed E-state index contributed by atoms with van der Waals surface area (Å²) in [7, 11) is 0. The Labute approximate surface area is 117 Å². The van der Waals surface area contributed by atoms with Gasteiger partial charge in [0, 0.05) is 10.5 Å². The number of rotatable bonds is 3. The van der Waals surface area contributed by atoms with Crippen LogP contribution in [0.2, 0.25) is 0 Å². The fourth-order valence-electron chi connectivity index (χ4n) is 2.04. The third-order valence-corrected chi connectivity index (χ3v) is 3.80. The molecule has 2 heteroatoms. The van der Waals surface area contributed by atoms with Crippen molar-refractivity contribution in [3.63, 3.8) is 0 Å². The van der Waals surface area contributed by atoms with Gasteiger partial charge in [-0.25, -0.2) is 0 Å². The van der Waals surface area contributed by atoms with Gasteiger partial charge in [0.1, 0.15) is 0 Å². The smallest absolute Gasteiger partial charge is 0.0336 e. The Morgan fingerprint density at radius 1 is 1.06 bits per heavy atom. The van der Waals surface area contributed by atoms with E-state index in [4.69, 9.17) is 5.73 Å². The van der Waals surface area contributed by atoms with Crippen LogP contribution in [-0.4, -0.2) is 0 Å². The molecular formula is C16H18BrN. The van der Waals surface area contributed by atoms with Gasteiger partial charge in [-0.1, -0.05) is 46.3 Å². The second-order valence-corrected chi connectivity index (χ2v) is 5.70.